The van der Waals surface area contributed by atoms with Crippen LogP contribution in [0.25, 0.3) is 0 Å². The summed E-state index contributed by atoms with van der Waals surface area (Å²) in [6, 6.07) is 1.69. The Balaban J connectivity index is 2.16. The molecule has 3 N–H and O–H groups in total. The van der Waals surface area contributed by atoms with Gasteiger partial charge in [-0.2, -0.15) is 0 Å². The highest BCUT2D eigenvalue weighted by molar-refractivity contribution is 6.01. The molecule has 2 amide bonds. The summed E-state index contributed by atoms with van der Waals surface area (Å²) in [5.41, 5.74) is 5.05. The number of hydrogen-bond acceptors (Lipinski definition) is 5. The Labute approximate surface area is 150 Å². The van der Waals surface area contributed by atoms with Crippen molar-refractivity contribution in [1.82, 2.24) is 4.90 Å². The number of fused-ring (bicyclic) bond motifs is 1. The number of halogens is 1. The van der Waals surface area contributed by atoms with Gasteiger partial charge in [-0.15, -0.1) is 0 Å². The van der Waals surface area contributed by atoms with E-state index in [2.05, 4.69) is 0 Å². The Morgan fingerprint density at radius 3 is 2.58 bits per heavy atom. The fraction of sp³-hybridized carbons (Fsp3) is 0.500. The van der Waals surface area contributed by atoms with Crippen molar-refractivity contribution in [2.45, 2.75) is 58.4 Å². The third-order valence-corrected chi connectivity index (χ3v) is 4.06. The minimum Gasteiger partial charge on any atom is -0.460 e. The van der Waals surface area contributed by atoms with Crippen LogP contribution in [-0.2, 0) is 27.5 Å². The molecule has 0 spiro atoms. The van der Waals surface area contributed by atoms with E-state index in [1.165, 1.54) is 12.1 Å². The average Bonchev–Trinajstić information content (AvgIpc) is 2.84. The predicted molar refractivity (Wildman–Crippen MR) is 90.3 cm³/mol. The number of aliphatic hydroxyl groups is 1. The van der Waals surface area contributed by atoms with E-state index in [0.717, 1.165) is 4.90 Å². The van der Waals surface area contributed by atoms with E-state index in [-0.39, 0.29) is 36.1 Å². The first-order chi connectivity index (χ1) is 12.0. The molecule has 2 rings (SSSR count). The lowest BCUT2D eigenvalue weighted by Gasteiger charge is -2.25. The molecule has 0 aromatic heterocycles. The zero-order valence-electron chi connectivity index (χ0n) is 15.0. The number of aliphatic hydroxyl groups excluding tert-OH is 1. The van der Waals surface area contributed by atoms with E-state index in [4.69, 9.17) is 15.6 Å². The smallest absolute Gasteiger partial charge is 0.306 e. The third-order valence-electron chi connectivity index (χ3n) is 4.06. The van der Waals surface area contributed by atoms with E-state index in [9.17, 15) is 18.8 Å². The molecule has 1 aliphatic rings. The van der Waals surface area contributed by atoms with Crippen LogP contribution in [0.5, 0.6) is 0 Å². The van der Waals surface area contributed by atoms with Crippen molar-refractivity contribution in [3.8, 4) is 0 Å². The average molecular weight is 366 g/mol. The van der Waals surface area contributed by atoms with Gasteiger partial charge in [-0.25, -0.2) is 4.39 Å². The second kappa shape index (κ2) is 7.41. The molecule has 1 aliphatic heterocycles. The summed E-state index contributed by atoms with van der Waals surface area (Å²) in [5.74, 6) is -2.49. The van der Waals surface area contributed by atoms with Crippen molar-refractivity contribution in [2.75, 3.05) is 0 Å². The molecule has 1 aromatic rings. The van der Waals surface area contributed by atoms with Crippen LogP contribution in [0.2, 0.25) is 0 Å². The Kier molecular flexibility index (Phi) is 5.65. The quantitative estimate of drug-likeness (QED) is 0.736. The number of primary amides is 1. The van der Waals surface area contributed by atoms with Gasteiger partial charge < -0.3 is 20.5 Å². The molecule has 8 heteroatoms. The van der Waals surface area contributed by atoms with E-state index < -0.39 is 41.9 Å². The molecule has 0 fully saturated rings. The van der Waals surface area contributed by atoms with Gasteiger partial charge in [0.1, 0.15) is 17.5 Å². The van der Waals surface area contributed by atoms with Crippen molar-refractivity contribution in [1.29, 1.82) is 0 Å². The number of carbonyl (C=O) groups is 3. The van der Waals surface area contributed by atoms with Crippen LogP contribution in [0.1, 0.15) is 55.1 Å². The number of nitrogens with two attached hydrogens (primary N) is 1. The van der Waals surface area contributed by atoms with Gasteiger partial charge in [0.25, 0.3) is 5.91 Å². The number of rotatable bonds is 6. The molecule has 7 nitrogen and oxygen atoms in total. The fourth-order valence-electron chi connectivity index (χ4n) is 2.89. The Hall–Kier alpha value is -2.48. The standard InChI is InChI=1S/C18H23FN2O5/c1-18(2,3)26-14(23)7-6-13(16(20)24)21-8-12-11(17(21)25)5-4-10(9-22)15(12)19/h4-5,13,22H,6-9H2,1-3H3,(H2,20,24)/t13-/m0/s1. The van der Waals surface area contributed by atoms with E-state index in [1.807, 2.05) is 0 Å². The molecule has 26 heavy (non-hydrogen) atoms. The van der Waals surface area contributed by atoms with Crippen LogP contribution < -0.4 is 5.73 Å². The molecule has 1 atom stereocenters. The summed E-state index contributed by atoms with van der Waals surface area (Å²) >= 11 is 0. The largest absolute Gasteiger partial charge is 0.460 e. The van der Waals surface area contributed by atoms with Crippen molar-refractivity contribution < 1.29 is 28.6 Å². The van der Waals surface area contributed by atoms with Gasteiger partial charge in [0.15, 0.2) is 0 Å². The lowest BCUT2D eigenvalue weighted by molar-refractivity contribution is -0.155. The Morgan fingerprint density at radius 2 is 2.04 bits per heavy atom. The molecule has 0 unspecified atom stereocenters. The molecule has 142 valence electrons. The summed E-state index contributed by atoms with van der Waals surface area (Å²) < 4.78 is 19.5. The maximum atomic E-state index is 14.4. The van der Waals surface area contributed by atoms with Crippen LogP contribution in [0.3, 0.4) is 0 Å². The maximum absolute atomic E-state index is 14.4. The van der Waals surface area contributed by atoms with Gasteiger partial charge in [-0.05, 0) is 33.3 Å². The van der Waals surface area contributed by atoms with Crippen molar-refractivity contribution in [2.24, 2.45) is 5.73 Å². The molecule has 0 aliphatic carbocycles. The molecule has 0 saturated carbocycles. The minimum atomic E-state index is -1.06. The molecule has 0 bridgehead atoms. The minimum absolute atomic E-state index is 0.0154. The first kappa shape index (κ1) is 19.8. The molecule has 0 radical (unpaired) electrons. The Morgan fingerprint density at radius 1 is 1.38 bits per heavy atom. The van der Waals surface area contributed by atoms with Gasteiger partial charge in [0, 0.05) is 23.1 Å². The zero-order chi connectivity index (χ0) is 19.6. The second-order valence-electron chi connectivity index (χ2n) is 7.20. The number of ether oxygens (including phenoxy) is 1. The van der Waals surface area contributed by atoms with E-state index in [0.29, 0.717) is 0 Å². The van der Waals surface area contributed by atoms with Crippen LogP contribution in [0.15, 0.2) is 12.1 Å². The highest BCUT2D eigenvalue weighted by atomic mass is 19.1. The molecule has 1 heterocycles. The van der Waals surface area contributed by atoms with Crippen molar-refractivity contribution in [3.63, 3.8) is 0 Å². The van der Waals surface area contributed by atoms with Crippen LogP contribution in [0.4, 0.5) is 4.39 Å². The van der Waals surface area contributed by atoms with Crippen LogP contribution in [0, 0.1) is 5.82 Å². The maximum Gasteiger partial charge on any atom is 0.306 e. The SMILES string of the molecule is CC(C)(C)OC(=O)CC[C@@H](C(N)=O)N1Cc2c(ccc(CO)c2F)C1=O. The molecule has 1 aromatic carbocycles. The molecular formula is C18H23FN2O5. The summed E-state index contributed by atoms with van der Waals surface area (Å²) in [5, 5.41) is 9.15. The molecular weight excluding hydrogens is 343 g/mol. The first-order valence-electron chi connectivity index (χ1n) is 8.28. The second-order valence-corrected chi connectivity index (χ2v) is 7.20. The highest BCUT2D eigenvalue weighted by Gasteiger charge is 2.37. The first-order valence-corrected chi connectivity index (χ1v) is 8.28. The Bertz CT molecular complexity index is 742. The topological polar surface area (TPSA) is 110 Å². The van der Waals surface area contributed by atoms with Gasteiger partial charge in [0.2, 0.25) is 5.91 Å². The lowest BCUT2D eigenvalue weighted by Crippen LogP contribution is -2.45. The highest BCUT2D eigenvalue weighted by Crippen LogP contribution is 2.30. The number of benzene rings is 1. The lowest BCUT2D eigenvalue weighted by atomic mass is 10.1. The zero-order valence-corrected chi connectivity index (χ0v) is 15.0. The van der Waals surface area contributed by atoms with E-state index in [1.54, 1.807) is 20.8 Å². The summed E-state index contributed by atoms with van der Waals surface area (Å²) in [7, 11) is 0. The monoisotopic (exact) mass is 366 g/mol. The number of carbonyl (C=O) groups excluding carboxylic acids is 3. The fourth-order valence-corrected chi connectivity index (χ4v) is 2.89. The van der Waals surface area contributed by atoms with Crippen molar-refractivity contribution in [3.05, 3.63) is 34.6 Å². The van der Waals surface area contributed by atoms with Crippen molar-refractivity contribution >= 4 is 17.8 Å². The van der Waals surface area contributed by atoms with Gasteiger partial charge >= 0.3 is 5.97 Å². The summed E-state index contributed by atoms with van der Waals surface area (Å²) in [6.45, 7) is 4.52. The van der Waals surface area contributed by atoms with E-state index >= 15 is 0 Å². The molecule has 0 saturated heterocycles. The number of hydrogen-bond donors (Lipinski definition) is 2. The van der Waals surface area contributed by atoms with Gasteiger partial charge in [0.05, 0.1) is 13.2 Å². The summed E-state index contributed by atoms with van der Waals surface area (Å²) in [4.78, 5) is 37.4. The third kappa shape index (κ3) is 4.19. The van der Waals surface area contributed by atoms with Gasteiger partial charge in [-0.3, -0.25) is 14.4 Å². The normalized spacial score (nSPS) is 15.0. The summed E-state index contributed by atoms with van der Waals surface area (Å²) in [6.07, 6.45) is -0.117. The van der Waals surface area contributed by atoms with Gasteiger partial charge in [-0.1, -0.05) is 6.07 Å². The van der Waals surface area contributed by atoms with Crippen LogP contribution >= 0.6 is 0 Å². The number of nitrogens with zero attached hydrogens (tertiary/aromatic N) is 1. The number of amides is 2. The van der Waals surface area contributed by atoms with Crippen LogP contribution in [-0.4, -0.2) is 39.4 Å². The predicted octanol–water partition coefficient (Wildman–Crippen LogP) is 1.25. The number of esters is 1.